The van der Waals surface area contributed by atoms with Crippen molar-refractivity contribution in [2.75, 3.05) is 27.5 Å². The van der Waals surface area contributed by atoms with Crippen LogP contribution in [0.15, 0.2) is 94.7 Å². The van der Waals surface area contributed by atoms with E-state index in [1.807, 2.05) is 19.1 Å². The van der Waals surface area contributed by atoms with Crippen LogP contribution in [0.25, 0.3) is 0 Å². The molecule has 2 N–H and O–H groups in total. The molecule has 0 aliphatic carbocycles. The summed E-state index contributed by atoms with van der Waals surface area (Å²) in [7, 11) is -7.62. The van der Waals surface area contributed by atoms with Crippen LogP contribution in [0.5, 0.6) is 5.75 Å². The number of anilines is 3. The molecule has 1 heterocycles. The average molecular weight is 626 g/mol. The van der Waals surface area contributed by atoms with Crippen LogP contribution in [0.4, 0.5) is 17.1 Å². The number of rotatable bonds is 9. The minimum atomic E-state index is -3.81. The largest absolute Gasteiger partial charge is 0.483 e. The Balaban J connectivity index is 1.23. The number of ether oxygens (including phenoxy) is 1. The number of fused-ring (bicyclic) bond motifs is 1. The molecule has 0 bridgehead atoms. The number of nitrogens with zero attached hydrogens (tertiary/aromatic N) is 1. The number of benzene rings is 4. The Kier molecular flexibility index (Phi) is 8.18. The zero-order valence-corrected chi connectivity index (χ0v) is 25.2. The zero-order chi connectivity index (χ0) is 30.1. The van der Waals surface area contributed by atoms with E-state index in [2.05, 4.69) is 10.0 Å². The van der Waals surface area contributed by atoms with Gasteiger partial charge in [-0.3, -0.25) is 13.8 Å². The second-order valence-electron chi connectivity index (χ2n) is 9.86. The Hall–Kier alpha value is -4.06. The summed E-state index contributed by atoms with van der Waals surface area (Å²) in [5, 5.41) is 3.18. The smallest absolute Gasteiger partial charge is 0.264 e. The molecule has 0 spiro atoms. The van der Waals surface area contributed by atoms with E-state index in [1.54, 1.807) is 37.3 Å². The lowest BCUT2D eigenvalue weighted by molar-refractivity contribution is -0.118. The van der Waals surface area contributed by atoms with Crippen molar-refractivity contribution in [3.05, 3.63) is 107 Å². The van der Waals surface area contributed by atoms with Crippen LogP contribution in [0, 0.1) is 13.8 Å². The van der Waals surface area contributed by atoms with Crippen molar-refractivity contribution in [1.29, 1.82) is 0 Å². The minimum absolute atomic E-state index is 0.0635. The van der Waals surface area contributed by atoms with Gasteiger partial charge in [0.25, 0.3) is 26.0 Å². The number of hydrogen-bond donors (Lipinski definition) is 2. The Morgan fingerprint density at radius 1 is 0.857 bits per heavy atom. The number of carbonyl (C=O) groups is 1. The fourth-order valence-electron chi connectivity index (χ4n) is 4.54. The molecule has 9 nitrogen and oxygen atoms in total. The Bertz CT molecular complexity index is 1860. The zero-order valence-electron chi connectivity index (χ0n) is 22.8. The molecule has 218 valence electrons. The topological polar surface area (TPSA) is 122 Å². The summed E-state index contributed by atoms with van der Waals surface area (Å²) in [6.07, 6.45) is 0.547. The average Bonchev–Trinajstić information content (AvgIpc) is 3.38. The highest BCUT2D eigenvalue weighted by atomic mass is 35.5. The van der Waals surface area contributed by atoms with Gasteiger partial charge in [0.1, 0.15) is 5.75 Å². The van der Waals surface area contributed by atoms with Crippen LogP contribution in [0.1, 0.15) is 16.7 Å². The van der Waals surface area contributed by atoms with Crippen LogP contribution in [0.2, 0.25) is 5.02 Å². The number of halogens is 1. The Morgan fingerprint density at radius 3 is 2.21 bits per heavy atom. The molecule has 1 aliphatic rings. The van der Waals surface area contributed by atoms with E-state index >= 15 is 0 Å². The van der Waals surface area contributed by atoms with Gasteiger partial charge in [-0.1, -0.05) is 35.4 Å². The molecule has 12 heteroatoms. The lowest BCUT2D eigenvalue weighted by Crippen LogP contribution is -2.29. The van der Waals surface area contributed by atoms with Crippen molar-refractivity contribution in [1.82, 2.24) is 0 Å². The van der Waals surface area contributed by atoms with E-state index in [-0.39, 0.29) is 22.9 Å². The van der Waals surface area contributed by atoms with E-state index in [0.717, 1.165) is 11.1 Å². The van der Waals surface area contributed by atoms with Crippen LogP contribution in [-0.2, 0) is 31.3 Å². The first-order chi connectivity index (χ1) is 19.9. The lowest BCUT2D eigenvalue weighted by Gasteiger charge is -2.20. The van der Waals surface area contributed by atoms with Gasteiger partial charge in [0.2, 0.25) is 0 Å². The molecule has 0 fully saturated rings. The van der Waals surface area contributed by atoms with Crippen LogP contribution in [-0.4, -0.2) is 35.9 Å². The van der Waals surface area contributed by atoms with Gasteiger partial charge in [0.15, 0.2) is 6.61 Å². The first-order valence-corrected chi connectivity index (χ1v) is 16.3. The fourth-order valence-corrected chi connectivity index (χ4v) is 7.30. The molecular weight excluding hydrogens is 598 g/mol. The number of hydrogen-bond acceptors (Lipinski definition) is 6. The number of sulfonamides is 2. The quantitative estimate of drug-likeness (QED) is 0.252. The van der Waals surface area contributed by atoms with Crippen molar-refractivity contribution in [2.45, 2.75) is 30.1 Å². The third kappa shape index (κ3) is 6.38. The molecule has 0 atom stereocenters. The molecule has 0 unspecified atom stereocenters. The Labute approximate surface area is 250 Å². The predicted molar refractivity (Wildman–Crippen MR) is 163 cm³/mol. The van der Waals surface area contributed by atoms with Crippen molar-refractivity contribution < 1.29 is 26.4 Å². The SMILES string of the molecule is Cc1ccc(NS(=O)(=O)c2ccc(OCC(=O)Nc3ccc4c(c3)N(S(=O)(=O)c3ccc(Cl)cc3)CC4)c(C)c2)cc1. The molecule has 4 aromatic rings. The normalized spacial score (nSPS) is 13.0. The lowest BCUT2D eigenvalue weighted by atomic mass is 10.1. The van der Waals surface area contributed by atoms with Crippen molar-refractivity contribution in [2.24, 2.45) is 0 Å². The molecule has 1 aliphatic heterocycles. The standard InChI is InChI=1S/C30H28ClN3O6S2/c1-20-3-8-24(9-4-20)33-41(36,37)27-13-14-29(21(2)17-27)40-19-30(35)32-25-10-5-22-15-16-34(28(22)18-25)42(38,39)26-11-6-23(31)7-12-26/h3-14,17-18,33H,15-16,19H2,1-2H3,(H,32,35). The number of aryl methyl sites for hydroxylation is 2. The first-order valence-electron chi connectivity index (χ1n) is 13.0. The van der Waals surface area contributed by atoms with E-state index in [0.29, 0.717) is 39.8 Å². The molecule has 4 aromatic carbocycles. The van der Waals surface area contributed by atoms with Crippen LogP contribution >= 0.6 is 11.6 Å². The van der Waals surface area contributed by atoms with E-state index in [1.165, 1.54) is 46.8 Å². The van der Waals surface area contributed by atoms with Gasteiger partial charge in [0, 0.05) is 22.9 Å². The highest BCUT2D eigenvalue weighted by Crippen LogP contribution is 2.35. The summed E-state index contributed by atoms with van der Waals surface area (Å²) < 4.78 is 61.7. The summed E-state index contributed by atoms with van der Waals surface area (Å²) in [6.45, 7) is 3.55. The molecule has 0 aromatic heterocycles. The summed E-state index contributed by atoms with van der Waals surface area (Å²) in [5.41, 5.74) is 3.77. The maximum absolute atomic E-state index is 13.3. The molecular formula is C30H28ClN3O6S2. The van der Waals surface area contributed by atoms with Crippen LogP contribution < -0.4 is 19.1 Å². The molecule has 5 rings (SSSR count). The van der Waals surface area contributed by atoms with Crippen molar-refractivity contribution in [3.8, 4) is 5.75 Å². The van der Waals surface area contributed by atoms with Crippen molar-refractivity contribution in [3.63, 3.8) is 0 Å². The van der Waals surface area contributed by atoms with Gasteiger partial charge in [-0.15, -0.1) is 0 Å². The van der Waals surface area contributed by atoms with Gasteiger partial charge in [-0.05, 0) is 98.1 Å². The monoisotopic (exact) mass is 625 g/mol. The van der Waals surface area contributed by atoms with Gasteiger partial charge in [0.05, 0.1) is 15.5 Å². The molecule has 0 saturated carbocycles. The minimum Gasteiger partial charge on any atom is -0.483 e. The summed E-state index contributed by atoms with van der Waals surface area (Å²) in [4.78, 5) is 12.9. The summed E-state index contributed by atoms with van der Waals surface area (Å²) >= 11 is 5.92. The second-order valence-corrected chi connectivity index (χ2v) is 13.8. The second kappa shape index (κ2) is 11.7. The van der Waals surface area contributed by atoms with E-state index in [9.17, 15) is 21.6 Å². The molecule has 42 heavy (non-hydrogen) atoms. The van der Waals surface area contributed by atoms with E-state index in [4.69, 9.17) is 16.3 Å². The van der Waals surface area contributed by atoms with E-state index < -0.39 is 26.0 Å². The van der Waals surface area contributed by atoms with Crippen molar-refractivity contribution >= 4 is 54.6 Å². The Morgan fingerprint density at radius 2 is 1.52 bits per heavy atom. The van der Waals surface area contributed by atoms with Gasteiger partial charge in [-0.2, -0.15) is 0 Å². The number of carbonyl (C=O) groups excluding carboxylic acids is 1. The van der Waals surface area contributed by atoms with Gasteiger partial charge >= 0.3 is 0 Å². The maximum Gasteiger partial charge on any atom is 0.264 e. The predicted octanol–water partition coefficient (Wildman–Crippen LogP) is 5.53. The molecule has 1 amide bonds. The third-order valence-corrected chi connectivity index (χ3v) is 10.2. The maximum atomic E-state index is 13.3. The molecule has 0 saturated heterocycles. The third-order valence-electron chi connectivity index (χ3n) is 6.74. The first kappa shape index (κ1) is 29.4. The van der Waals surface area contributed by atoms with Gasteiger partial charge in [-0.25, -0.2) is 16.8 Å². The molecule has 0 radical (unpaired) electrons. The highest BCUT2D eigenvalue weighted by molar-refractivity contribution is 7.93. The summed E-state index contributed by atoms with van der Waals surface area (Å²) in [5.74, 6) is -0.106. The number of nitrogens with one attached hydrogen (secondary N) is 2. The highest BCUT2D eigenvalue weighted by Gasteiger charge is 2.31. The van der Waals surface area contributed by atoms with Gasteiger partial charge < -0.3 is 10.1 Å². The number of amides is 1. The fraction of sp³-hybridized carbons (Fsp3) is 0.167. The summed E-state index contributed by atoms with van der Waals surface area (Å²) in [6, 6.07) is 22.5. The van der Waals surface area contributed by atoms with Crippen LogP contribution in [0.3, 0.4) is 0 Å².